The zero-order valence-electron chi connectivity index (χ0n) is 17.2. The first-order chi connectivity index (χ1) is 13.3. The molecule has 2 aromatic rings. The largest absolute Gasteiger partial charge is 0.497 e. The number of ether oxygens (including phenoxy) is 3. The van der Waals surface area contributed by atoms with Crippen molar-refractivity contribution in [2.45, 2.75) is 58.3 Å². The van der Waals surface area contributed by atoms with Gasteiger partial charge in [0.2, 0.25) is 0 Å². The minimum atomic E-state index is -0.547. The van der Waals surface area contributed by atoms with Gasteiger partial charge in [0, 0.05) is 18.1 Å². The van der Waals surface area contributed by atoms with Gasteiger partial charge in [-0.15, -0.1) is 0 Å². The van der Waals surface area contributed by atoms with Gasteiger partial charge in [0.25, 0.3) is 5.91 Å². The average molecular weight is 383 g/mol. The summed E-state index contributed by atoms with van der Waals surface area (Å²) in [6, 6.07) is 13.3. The Kier molecular flexibility index (Phi) is 5.82. The minimum absolute atomic E-state index is 0.117. The number of rotatable bonds is 6. The lowest BCUT2D eigenvalue weighted by Gasteiger charge is -2.38. The summed E-state index contributed by atoms with van der Waals surface area (Å²) < 4.78 is 17.4. The second-order valence-electron chi connectivity index (χ2n) is 7.86. The van der Waals surface area contributed by atoms with Crippen LogP contribution in [0.3, 0.4) is 0 Å². The van der Waals surface area contributed by atoms with Crippen molar-refractivity contribution in [2.24, 2.45) is 0 Å². The summed E-state index contributed by atoms with van der Waals surface area (Å²) in [5, 5.41) is 3.17. The molecule has 1 amide bonds. The van der Waals surface area contributed by atoms with Gasteiger partial charge in [-0.05, 0) is 57.0 Å². The molecule has 0 spiro atoms. The highest BCUT2D eigenvalue weighted by Crippen LogP contribution is 2.41. The molecule has 1 aliphatic rings. The van der Waals surface area contributed by atoms with E-state index < -0.39 is 11.7 Å². The number of benzene rings is 2. The normalized spacial score (nSPS) is 18.4. The summed E-state index contributed by atoms with van der Waals surface area (Å²) in [5.41, 5.74) is 1.66. The van der Waals surface area contributed by atoms with Crippen LogP contribution in [0.4, 0.5) is 0 Å². The van der Waals surface area contributed by atoms with E-state index in [1.807, 2.05) is 70.2 Å². The van der Waals surface area contributed by atoms with Crippen molar-refractivity contribution in [3.8, 4) is 17.2 Å². The lowest BCUT2D eigenvalue weighted by molar-refractivity contribution is -0.129. The third kappa shape index (κ3) is 4.58. The fourth-order valence-corrected chi connectivity index (χ4v) is 3.53. The number of aryl methyl sites for hydroxylation is 1. The van der Waals surface area contributed by atoms with E-state index in [-0.39, 0.29) is 11.9 Å². The van der Waals surface area contributed by atoms with E-state index in [2.05, 4.69) is 5.32 Å². The lowest BCUT2D eigenvalue weighted by Crippen LogP contribution is -2.45. The average Bonchev–Trinajstić information content (AvgIpc) is 2.64. The van der Waals surface area contributed by atoms with Crippen LogP contribution in [0.15, 0.2) is 42.5 Å². The van der Waals surface area contributed by atoms with Crippen LogP contribution in [-0.2, 0) is 4.79 Å². The van der Waals surface area contributed by atoms with Crippen molar-refractivity contribution in [1.82, 2.24) is 5.32 Å². The van der Waals surface area contributed by atoms with Crippen LogP contribution in [-0.4, -0.2) is 24.7 Å². The Morgan fingerprint density at radius 1 is 1.25 bits per heavy atom. The molecule has 0 aromatic heterocycles. The number of carbonyl (C=O) groups excluding carboxylic acids is 1. The Hall–Kier alpha value is -2.69. The van der Waals surface area contributed by atoms with E-state index in [1.54, 1.807) is 7.11 Å². The van der Waals surface area contributed by atoms with Gasteiger partial charge in [-0.25, -0.2) is 0 Å². The highest BCUT2D eigenvalue weighted by molar-refractivity contribution is 5.81. The van der Waals surface area contributed by atoms with Crippen LogP contribution in [0, 0.1) is 6.92 Å². The highest BCUT2D eigenvalue weighted by Gasteiger charge is 2.36. The molecule has 0 unspecified atom stereocenters. The maximum Gasteiger partial charge on any atom is 0.261 e. The van der Waals surface area contributed by atoms with Crippen LogP contribution < -0.4 is 19.5 Å². The van der Waals surface area contributed by atoms with E-state index in [0.29, 0.717) is 18.6 Å². The lowest BCUT2D eigenvalue weighted by atomic mass is 9.89. The Morgan fingerprint density at radius 2 is 2.04 bits per heavy atom. The summed E-state index contributed by atoms with van der Waals surface area (Å²) >= 11 is 0. The van der Waals surface area contributed by atoms with Gasteiger partial charge in [-0.3, -0.25) is 4.79 Å². The number of methoxy groups -OCH3 is 1. The molecule has 5 heteroatoms. The first-order valence-corrected chi connectivity index (χ1v) is 9.72. The smallest absolute Gasteiger partial charge is 0.261 e. The fraction of sp³-hybridized carbons (Fsp3) is 0.435. The zero-order chi connectivity index (χ0) is 20.3. The molecular formula is C23H29NO4. The first kappa shape index (κ1) is 20.1. The Morgan fingerprint density at radius 3 is 2.71 bits per heavy atom. The van der Waals surface area contributed by atoms with E-state index in [4.69, 9.17) is 14.2 Å². The molecule has 1 aliphatic heterocycles. The van der Waals surface area contributed by atoms with E-state index >= 15 is 0 Å². The maximum atomic E-state index is 13.0. The summed E-state index contributed by atoms with van der Waals surface area (Å²) in [7, 11) is 1.63. The third-order valence-electron chi connectivity index (χ3n) is 4.93. The zero-order valence-corrected chi connectivity index (χ0v) is 17.2. The molecule has 28 heavy (non-hydrogen) atoms. The molecule has 0 saturated carbocycles. The predicted octanol–water partition coefficient (Wildman–Crippen LogP) is 4.58. The maximum absolute atomic E-state index is 13.0. The van der Waals surface area contributed by atoms with E-state index in [9.17, 15) is 4.79 Å². The third-order valence-corrected chi connectivity index (χ3v) is 4.93. The predicted molar refractivity (Wildman–Crippen MR) is 109 cm³/mol. The Bertz CT molecular complexity index is 846. The van der Waals surface area contributed by atoms with Crippen molar-refractivity contribution in [2.75, 3.05) is 7.11 Å². The van der Waals surface area contributed by atoms with Crippen LogP contribution in [0.1, 0.15) is 50.8 Å². The van der Waals surface area contributed by atoms with Crippen molar-refractivity contribution < 1.29 is 19.0 Å². The van der Waals surface area contributed by atoms with Crippen LogP contribution in [0.5, 0.6) is 17.2 Å². The molecule has 1 N–H and O–H groups in total. The van der Waals surface area contributed by atoms with Gasteiger partial charge in [0.1, 0.15) is 22.8 Å². The topological polar surface area (TPSA) is 56.8 Å². The standard InChI is InChI=1S/C23H29NO4/c1-6-20(27-17-9-7-8-15(2)12-17)22(25)24-19-14-23(3,4)28-21-13-16(26-5)10-11-18(19)21/h7-13,19-20H,6,14H2,1-5H3,(H,24,25)/t19-,20-/m1/s1. The summed E-state index contributed by atoms with van der Waals surface area (Å²) in [5.74, 6) is 2.07. The second kappa shape index (κ2) is 8.13. The number of fused-ring (bicyclic) bond motifs is 1. The van der Waals surface area contributed by atoms with Crippen molar-refractivity contribution in [1.29, 1.82) is 0 Å². The van der Waals surface area contributed by atoms with Crippen LogP contribution in [0.2, 0.25) is 0 Å². The Balaban J connectivity index is 1.78. The second-order valence-corrected chi connectivity index (χ2v) is 7.86. The number of nitrogens with one attached hydrogen (secondary N) is 1. The van der Waals surface area contributed by atoms with Gasteiger partial charge in [0.15, 0.2) is 6.10 Å². The molecule has 0 bridgehead atoms. The van der Waals surface area contributed by atoms with Crippen LogP contribution >= 0.6 is 0 Å². The van der Waals surface area contributed by atoms with Crippen molar-refractivity contribution in [3.05, 3.63) is 53.6 Å². The molecule has 0 radical (unpaired) electrons. The van der Waals surface area contributed by atoms with E-state index in [0.717, 1.165) is 22.6 Å². The Labute approximate surface area is 167 Å². The van der Waals surface area contributed by atoms with E-state index in [1.165, 1.54) is 0 Å². The molecule has 5 nitrogen and oxygen atoms in total. The molecule has 0 fully saturated rings. The molecule has 2 atom stereocenters. The first-order valence-electron chi connectivity index (χ1n) is 9.72. The van der Waals surface area contributed by atoms with Crippen LogP contribution in [0.25, 0.3) is 0 Å². The minimum Gasteiger partial charge on any atom is -0.497 e. The molecule has 0 saturated heterocycles. The molecule has 3 rings (SSSR count). The van der Waals surface area contributed by atoms with Crippen molar-refractivity contribution >= 4 is 5.91 Å². The molecule has 0 aliphatic carbocycles. The highest BCUT2D eigenvalue weighted by atomic mass is 16.5. The van der Waals surface area contributed by atoms with Gasteiger partial charge in [-0.2, -0.15) is 0 Å². The molecule has 150 valence electrons. The summed E-state index contributed by atoms with van der Waals surface area (Å²) in [6.07, 6.45) is 0.718. The fourth-order valence-electron chi connectivity index (χ4n) is 3.53. The SMILES string of the molecule is CC[C@@H](Oc1cccc(C)c1)C(=O)N[C@@H]1CC(C)(C)Oc2cc(OC)ccc21. The van der Waals surface area contributed by atoms with Gasteiger partial charge < -0.3 is 19.5 Å². The quantitative estimate of drug-likeness (QED) is 0.793. The number of hydrogen-bond donors (Lipinski definition) is 1. The molecule has 1 heterocycles. The summed E-state index contributed by atoms with van der Waals surface area (Å²) in [6.45, 7) is 8.00. The van der Waals surface area contributed by atoms with Gasteiger partial charge in [0.05, 0.1) is 13.2 Å². The molecule has 2 aromatic carbocycles. The summed E-state index contributed by atoms with van der Waals surface area (Å²) in [4.78, 5) is 13.0. The monoisotopic (exact) mass is 383 g/mol. The molecular weight excluding hydrogens is 354 g/mol. The van der Waals surface area contributed by atoms with Gasteiger partial charge >= 0.3 is 0 Å². The number of carbonyl (C=O) groups is 1. The number of hydrogen-bond acceptors (Lipinski definition) is 4. The van der Waals surface area contributed by atoms with Gasteiger partial charge in [-0.1, -0.05) is 19.1 Å². The van der Waals surface area contributed by atoms with Crippen molar-refractivity contribution in [3.63, 3.8) is 0 Å². The number of amides is 1.